The molecule has 0 radical (unpaired) electrons. The molecule has 3 aromatic rings. The minimum absolute atomic E-state index is 0.151. The lowest BCUT2D eigenvalue weighted by molar-refractivity contribution is 0.0698. The molecule has 1 aromatic heterocycles. The lowest BCUT2D eigenvalue weighted by Gasteiger charge is -2.38. The molecule has 1 aliphatic rings. The molecule has 1 atom stereocenters. The second-order valence-corrected chi connectivity index (χ2v) is 9.97. The zero-order valence-electron chi connectivity index (χ0n) is 19.4. The number of carbonyl (C=O) groups is 1. The maximum Gasteiger partial charge on any atom is 0.337 e. The van der Waals surface area contributed by atoms with Gasteiger partial charge in [0.15, 0.2) is 0 Å². The highest BCUT2D eigenvalue weighted by Crippen LogP contribution is 2.33. The van der Waals surface area contributed by atoms with Gasteiger partial charge >= 0.3 is 5.97 Å². The summed E-state index contributed by atoms with van der Waals surface area (Å²) < 4.78 is 1.60. The maximum absolute atomic E-state index is 13.3. The third-order valence-corrected chi connectivity index (χ3v) is 6.77. The topological polar surface area (TPSA) is 87.5 Å². The molecule has 4 rings (SSSR count). The Hall–Kier alpha value is -3.06. The van der Waals surface area contributed by atoms with Crippen molar-refractivity contribution in [1.82, 2.24) is 9.55 Å². The monoisotopic (exact) mass is 468 g/mol. The Balaban J connectivity index is 1.80. The minimum Gasteiger partial charge on any atom is -0.478 e. The molecular weight excluding hydrogens is 440 g/mol. The molecule has 1 unspecified atom stereocenters. The van der Waals surface area contributed by atoms with Gasteiger partial charge in [0.05, 0.1) is 22.5 Å². The van der Waals surface area contributed by atoms with Gasteiger partial charge in [0.2, 0.25) is 5.95 Å². The third-order valence-electron chi connectivity index (χ3n) is 6.55. The second kappa shape index (κ2) is 8.71. The maximum atomic E-state index is 13.3. The lowest BCUT2D eigenvalue weighted by Crippen LogP contribution is -2.40. The molecule has 1 fully saturated rings. The first-order valence-corrected chi connectivity index (χ1v) is 11.5. The molecule has 0 amide bonds. The molecule has 0 aliphatic carbocycles. The van der Waals surface area contributed by atoms with Crippen molar-refractivity contribution in [3.05, 3.63) is 62.9 Å². The van der Waals surface area contributed by atoms with E-state index in [1.807, 2.05) is 6.92 Å². The Labute approximate surface area is 198 Å². The molecule has 2 aromatic carbocycles. The molecule has 7 nitrogen and oxygen atoms in total. The Morgan fingerprint density at radius 3 is 2.55 bits per heavy atom. The molecular formula is C25H29ClN4O3. The number of rotatable bonds is 5. The zero-order valence-corrected chi connectivity index (χ0v) is 20.1. The summed E-state index contributed by atoms with van der Waals surface area (Å²) in [6.45, 7) is 8.11. The normalized spacial score (nSPS) is 16.6. The quantitative estimate of drug-likeness (QED) is 0.542. The number of nitrogens with zero attached hydrogens (tertiary/aromatic N) is 3. The summed E-state index contributed by atoms with van der Waals surface area (Å²) in [6, 6.07) is 9.85. The van der Waals surface area contributed by atoms with E-state index in [1.54, 1.807) is 48.0 Å². The first kappa shape index (κ1) is 23.1. The first-order chi connectivity index (χ1) is 15.6. The average Bonchev–Trinajstić information content (AvgIpc) is 2.76. The molecule has 8 heteroatoms. The summed E-state index contributed by atoms with van der Waals surface area (Å²) in [6.07, 6.45) is 2.05. The van der Waals surface area contributed by atoms with Crippen LogP contribution in [0, 0.1) is 5.41 Å². The van der Waals surface area contributed by atoms with Crippen molar-refractivity contribution in [1.29, 1.82) is 0 Å². The summed E-state index contributed by atoms with van der Waals surface area (Å²) >= 11 is 6.39. The van der Waals surface area contributed by atoms with Crippen LogP contribution in [0.25, 0.3) is 10.9 Å². The number of fused-ring (bicyclic) bond motifs is 1. The molecule has 0 saturated carbocycles. The molecule has 2 N–H and O–H groups in total. The predicted molar refractivity (Wildman–Crippen MR) is 133 cm³/mol. The van der Waals surface area contributed by atoms with Crippen molar-refractivity contribution in [3.63, 3.8) is 0 Å². The highest BCUT2D eigenvalue weighted by molar-refractivity contribution is 6.31. The standard InChI is InChI=1S/C25H29ClN4O3/c1-15(27-20-8-6-5-7-17(20)23(32)33)18-13-16(26)14-19-21(18)28-24(29(4)22(19)31)30-11-9-25(2,3)10-12-30/h5-8,13-15,27H,9-12H2,1-4H3,(H,32,33). The summed E-state index contributed by atoms with van der Waals surface area (Å²) in [4.78, 5) is 32.0. The molecule has 1 aliphatic heterocycles. The Morgan fingerprint density at radius 1 is 1.21 bits per heavy atom. The highest BCUT2D eigenvalue weighted by Gasteiger charge is 2.28. The van der Waals surface area contributed by atoms with Crippen LogP contribution in [-0.2, 0) is 7.05 Å². The number of piperidine rings is 1. The molecule has 0 spiro atoms. The predicted octanol–water partition coefficient (Wildman–Crippen LogP) is 5.08. The molecule has 33 heavy (non-hydrogen) atoms. The van der Waals surface area contributed by atoms with Crippen molar-refractivity contribution in [2.24, 2.45) is 12.5 Å². The first-order valence-electron chi connectivity index (χ1n) is 11.1. The molecule has 174 valence electrons. The van der Waals surface area contributed by atoms with E-state index in [-0.39, 0.29) is 22.6 Å². The Kier molecular flexibility index (Phi) is 6.10. The lowest BCUT2D eigenvalue weighted by atomic mass is 9.83. The van der Waals surface area contributed by atoms with E-state index < -0.39 is 5.97 Å². The number of aromatic nitrogens is 2. The molecule has 2 heterocycles. The summed E-state index contributed by atoms with van der Waals surface area (Å²) in [5, 5.41) is 13.7. The van der Waals surface area contributed by atoms with Gasteiger partial charge in [-0.2, -0.15) is 0 Å². The van der Waals surface area contributed by atoms with Crippen molar-refractivity contribution >= 4 is 40.1 Å². The van der Waals surface area contributed by atoms with Crippen LogP contribution in [0.1, 0.15) is 55.6 Å². The zero-order chi connectivity index (χ0) is 23.9. The van der Waals surface area contributed by atoms with E-state index in [0.717, 1.165) is 31.5 Å². The van der Waals surface area contributed by atoms with Crippen LogP contribution in [0.5, 0.6) is 0 Å². The Bertz CT molecular complexity index is 1270. The summed E-state index contributed by atoms with van der Waals surface area (Å²) in [7, 11) is 1.75. The van der Waals surface area contributed by atoms with E-state index in [9.17, 15) is 14.7 Å². The van der Waals surface area contributed by atoms with Crippen LogP contribution in [0.3, 0.4) is 0 Å². The number of aromatic carboxylic acids is 1. The van der Waals surface area contributed by atoms with Crippen molar-refractivity contribution in [2.45, 2.75) is 39.7 Å². The van der Waals surface area contributed by atoms with Gasteiger partial charge in [0.1, 0.15) is 0 Å². The second-order valence-electron chi connectivity index (χ2n) is 9.54. The summed E-state index contributed by atoms with van der Waals surface area (Å²) in [5.74, 6) is -0.367. The number of nitrogens with one attached hydrogen (secondary N) is 1. The van der Waals surface area contributed by atoms with Gasteiger partial charge in [-0.1, -0.05) is 37.6 Å². The number of carboxylic acid groups (broad SMARTS) is 1. The van der Waals surface area contributed by atoms with Crippen LogP contribution in [-0.4, -0.2) is 33.7 Å². The fourth-order valence-corrected chi connectivity index (χ4v) is 4.61. The number of anilines is 2. The third kappa shape index (κ3) is 4.55. The van der Waals surface area contributed by atoms with Crippen LogP contribution in [0.4, 0.5) is 11.6 Å². The van der Waals surface area contributed by atoms with E-state index in [2.05, 4.69) is 24.1 Å². The number of para-hydroxylation sites is 1. The highest BCUT2D eigenvalue weighted by atomic mass is 35.5. The van der Waals surface area contributed by atoms with Crippen LogP contribution >= 0.6 is 11.6 Å². The van der Waals surface area contributed by atoms with Crippen LogP contribution < -0.4 is 15.8 Å². The van der Waals surface area contributed by atoms with Gasteiger partial charge in [0, 0.05) is 36.4 Å². The van der Waals surface area contributed by atoms with Gasteiger partial charge in [0.25, 0.3) is 5.56 Å². The van der Waals surface area contributed by atoms with E-state index in [0.29, 0.717) is 27.6 Å². The number of halogens is 1. The summed E-state index contributed by atoms with van der Waals surface area (Å²) in [5.41, 5.74) is 2.12. The smallest absolute Gasteiger partial charge is 0.337 e. The molecule has 1 saturated heterocycles. The van der Waals surface area contributed by atoms with Crippen molar-refractivity contribution in [2.75, 3.05) is 23.3 Å². The fraction of sp³-hybridized carbons (Fsp3) is 0.400. The fourth-order valence-electron chi connectivity index (χ4n) is 4.39. The largest absolute Gasteiger partial charge is 0.478 e. The number of hydrogen-bond donors (Lipinski definition) is 2. The minimum atomic E-state index is -1.01. The van der Waals surface area contributed by atoms with E-state index in [4.69, 9.17) is 16.6 Å². The number of carboxylic acids is 1. The van der Waals surface area contributed by atoms with Gasteiger partial charge in [-0.25, -0.2) is 9.78 Å². The number of hydrogen-bond acceptors (Lipinski definition) is 5. The van der Waals surface area contributed by atoms with Crippen molar-refractivity contribution in [3.8, 4) is 0 Å². The van der Waals surface area contributed by atoms with Crippen LogP contribution in [0.2, 0.25) is 5.02 Å². The van der Waals surface area contributed by atoms with Gasteiger partial charge in [-0.3, -0.25) is 9.36 Å². The van der Waals surface area contributed by atoms with Gasteiger partial charge in [-0.15, -0.1) is 0 Å². The van der Waals surface area contributed by atoms with Crippen molar-refractivity contribution < 1.29 is 9.90 Å². The van der Waals surface area contributed by atoms with Gasteiger partial charge < -0.3 is 15.3 Å². The van der Waals surface area contributed by atoms with Gasteiger partial charge in [-0.05, 0) is 49.4 Å². The van der Waals surface area contributed by atoms with E-state index >= 15 is 0 Å². The van der Waals surface area contributed by atoms with E-state index in [1.165, 1.54) is 0 Å². The van der Waals surface area contributed by atoms with Crippen LogP contribution in [0.15, 0.2) is 41.2 Å². The number of benzene rings is 2. The average molecular weight is 469 g/mol. The SMILES string of the molecule is CC(Nc1ccccc1C(=O)O)c1cc(Cl)cc2c(=O)n(C)c(N3CCC(C)(C)CC3)nc12. The molecule has 0 bridgehead atoms. The Morgan fingerprint density at radius 2 is 1.88 bits per heavy atom.